The van der Waals surface area contributed by atoms with E-state index in [0.717, 1.165) is 12.0 Å². The van der Waals surface area contributed by atoms with Crippen molar-refractivity contribution in [3.63, 3.8) is 0 Å². The Balaban J connectivity index is 2.17. The molecular formula is C9H10ClO3P. The number of hydrogen-bond donors (Lipinski definition) is 0. The molecule has 0 N–H and O–H groups in total. The molecule has 0 radical (unpaired) electrons. The number of benzene rings is 1. The monoisotopic (exact) mass is 232 g/mol. The molecule has 14 heavy (non-hydrogen) atoms. The first-order valence-electron chi connectivity index (χ1n) is 4.34. The lowest BCUT2D eigenvalue weighted by atomic mass is 10.1. The lowest BCUT2D eigenvalue weighted by Gasteiger charge is -2.22. The van der Waals surface area contributed by atoms with E-state index in [1.165, 1.54) is 0 Å². The third-order valence-electron chi connectivity index (χ3n) is 2.06. The van der Waals surface area contributed by atoms with Crippen LogP contribution in [0.3, 0.4) is 0 Å². The van der Waals surface area contributed by atoms with E-state index < -0.39 is 8.25 Å². The van der Waals surface area contributed by atoms with Crippen LogP contribution in [0.25, 0.3) is 0 Å². The van der Waals surface area contributed by atoms with Gasteiger partial charge >= 0.3 is 8.25 Å². The maximum atomic E-state index is 11.0. The summed E-state index contributed by atoms with van der Waals surface area (Å²) in [7, 11) is -2.29. The van der Waals surface area contributed by atoms with E-state index in [2.05, 4.69) is 0 Å². The highest BCUT2D eigenvalue weighted by molar-refractivity contribution is 7.33. The van der Waals surface area contributed by atoms with Gasteiger partial charge in [0.1, 0.15) is 0 Å². The minimum atomic E-state index is -2.29. The van der Waals surface area contributed by atoms with E-state index in [9.17, 15) is 4.57 Å². The molecule has 1 heterocycles. The van der Waals surface area contributed by atoms with Gasteiger partial charge < -0.3 is 9.05 Å². The van der Waals surface area contributed by atoms with Gasteiger partial charge in [-0.1, -0.05) is 23.7 Å². The van der Waals surface area contributed by atoms with E-state index in [-0.39, 0.29) is 6.10 Å². The van der Waals surface area contributed by atoms with Gasteiger partial charge in [-0.2, -0.15) is 0 Å². The van der Waals surface area contributed by atoms with Crippen LogP contribution in [-0.4, -0.2) is 6.61 Å². The van der Waals surface area contributed by atoms with Crippen LogP contribution in [-0.2, 0) is 13.6 Å². The summed E-state index contributed by atoms with van der Waals surface area (Å²) in [5, 5.41) is 0.664. The fourth-order valence-corrected chi connectivity index (χ4v) is 2.44. The molecular weight excluding hydrogens is 223 g/mol. The Hall–Kier alpha value is -0.340. The largest absolute Gasteiger partial charge is 0.319 e. The molecule has 76 valence electrons. The summed E-state index contributed by atoms with van der Waals surface area (Å²) in [6.45, 7) is 0.481. The summed E-state index contributed by atoms with van der Waals surface area (Å²) >= 11 is 5.84. The first-order chi connectivity index (χ1) is 6.75. The van der Waals surface area contributed by atoms with Gasteiger partial charge in [-0.3, -0.25) is 4.57 Å². The van der Waals surface area contributed by atoms with E-state index in [4.69, 9.17) is 20.6 Å². The van der Waals surface area contributed by atoms with Crippen molar-refractivity contribution in [2.45, 2.75) is 12.5 Å². The molecule has 0 aliphatic carbocycles. The van der Waals surface area contributed by atoms with Gasteiger partial charge in [0.25, 0.3) is 0 Å². The second-order valence-electron chi connectivity index (χ2n) is 3.05. The highest BCUT2D eigenvalue weighted by Crippen LogP contribution is 2.40. The van der Waals surface area contributed by atoms with Crippen LogP contribution in [0.5, 0.6) is 0 Å². The van der Waals surface area contributed by atoms with Crippen molar-refractivity contribution in [3.8, 4) is 0 Å². The Morgan fingerprint density at radius 2 is 2.36 bits per heavy atom. The molecule has 2 atom stereocenters. The zero-order valence-corrected chi connectivity index (χ0v) is 9.16. The Morgan fingerprint density at radius 1 is 1.50 bits per heavy atom. The van der Waals surface area contributed by atoms with Crippen molar-refractivity contribution in [2.24, 2.45) is 0 Å². The van der Waals surface area contributed by atoms with Gasteiger partial charge in [-0.25, -0.2) is 0 Å². The first-order valence-corrected chi connectivity index (χ1v) is 5.95. The standard InChI is InChI=1S/C9H10ClO3P/c10-8-3-1-2-7(6-8)9-4-5-12-14(11)13-9/h1-3,6,9,14H,4-5H2/t9-/m0/s1. The van der Waals surface area contributed by atoms with Crippen LogP contribution in [0, 0.1) is 0 Å². The number of rotatable bonds is 1. The van der Waals surface area contributed by atoms with Crippen LogP contribution in [0.4, 0.5) is 0 Å². The summed E-state index contributed by atoms with van der Waals surface area (Å²) in [5.74, 6) is 0. The molecule has 1 aromatic carbocycles. The predicted molar refractivity (Wildman–Crippen MR) is 54.8 cm³/mol. The Morgan fingerprint density at radius 3 is 3.07 bits per heavy atom. The fraction of sp³-hybridized carbons (Fsp3) is 0.333. The third kappa shape index (κ3) is 2.37. The summed E-state index contributed by atoms with van der Waals surface area (Å²) in [5.41, 5.74) is 0.958. The van der Waals surface area contributed by atoms with Crippen molar-refractivity contribution >= 4 is 19.9 Å². The normalized spacial score (nSPS) is 27.5. The minimum absolute atomic E-state index is 0.145. The van der Waals surface area contributed by atoms with Gasteiger partial charge in [0.15, 0.2) is 0 Å². The van der Waals surface area contributed by atoms with Gasteiger partial charge in [0.05, 0.1) is 12.7 Å². The maximum absolute atomic E-state index is 11.0. The van der Waals surface area contributed by atoms with Gasteiger partial charge in [0, 0.05) is 11.4 Å². The molecule has 1 fully saturated rings. The second-order valence-corrected chi connectivity index (χ2v) is 4.51. The zero-order chi connectivity index (χ0) is 9.97. The smallest absolute Gasteiger partial charge is 0.311 e. The summed E-state index contributed by atoms with van der Waals surface area (Å²) < 4.78 is 21.1. The van der Waals surface area contributed by atoms with Crippen LogP contribution >= 0.6 is 19.9 Å². The van der Waals surface area contributed by atoms with Crippen LogP contribution in [0.2, 0.25) is 5.02 Å². The van der Waals surface area contributed by atoms with E-state index in [1.54, 1.807) is 6.07 Å². The molecule has 3 nitrogen and oxygen atoms in total. The SMILES string of the molecule is O=[PH]1OCC[C@@H](c2cccc(Cl)c2)O1. The minimum Gasteiger partial charge on any atom is -0.311 e. The van der Waals surface area contributed by atoms with Crippen molar-refractivity contribution in [1.82, 2.24) is 0 Å². The molecule has 0 spiro atoms. The average molecular weight is 233 g/mol. The van der Waals surface area contributed by atoms with Crippen molar-refractivity contribution in [1.29, 1.82) is 0 Å². The molecule has 1 aromatic rings. The molecule has 0 saturated carbocycles. The molecule has 1 aliphatic heterocycles. The highest BCUT2D eigenvalue weighted by Gasteiger charge is 2.20. The molecule has 1 unspecified atom stereocenters. The second kappa shape index (κ2) is 4.45. The summed E-state index contributed by atoms with van der Waals surface area (Å²) in [6.07, 6.45) is 0.574. The number of halogens is 1. The van der Waals surface area contributed by atoms with Crippen LogP contribution in [0.1, 0.15) is 18.1 Å². The quantitative estimate of drug-likeness (QED) is 0.698. The van der Waals surface area contributed by atoms with E-state index >= 15 is 0 Å². The van der Waals surface area contributed by atoms with Crippen molar-refractivity contribution in [2.75, 3.05) is 6.61 Å². The lowest BCUT2D eigenvalue weighted by Crippen LogP contribution is -2.08. The number of hydrogen-bond acceptors (Lipinski definition) is 3. The molecule has 1 aliphatic rings. The maximum Gasteiger partial charge on any atom is 0.319 e. The molecule has 0 bridgehead atoms. The molecule has 0 amide bonds. The van der Waals surface area contributed by atoms with Crippen molar-refractivity contribution < 1.29 is 13.6 Å². The molecule has 1 saturated heterocycles. The molecule has 2 rings (SSSR count). The van der Waals surface area contributed by atoms with Crippen LogP contribution in [0.15, 0.2) is 24.3 Å². The fourth-order valence-electron chi connectivity index (χ4n) is 1.40. The molecule has 0 aromatic heterocycles. The first kappa shape index (κ1) is 10.2. The van der Waals surface area contributed by atoms with Crippen LogP contribution < -0.4 is 0 Å². The van der Waals surface area contributed by atoms with E-state index in [0.29, 0.717) is 11.6 Å². The van der Waals surface area contributed by atoms with Gasteiger partial charge in [0.2, 0.25) is 0 Å². The highest BCUT2D eigenvalue weighted by atomic mass is 35.5. The summed E-state index contributed by atoms with van der Waals surface area (Å²) in [4.78, 5) is 0. The average Bonchev–Trinajstić information content (AvgIpc) is 2.18. The lowest BCUT2D eigenvalue weighted by molar-refractivity contribution is 0.0968. The molecule has 5 heteroatoms. The topological polar surface area (TPSA) is 35.5 Å². The van der Waals surface area contributed by atoms with Gasteiger partial charge in [-0.15, -0.1) is 0 Å². The zero-order valence-electron chi connectivity index (χ0n) is 7.40. The van der Waals surface area contributed by atoms with Gasteiger partial charge in [-0.05, 0) is 17.7 Å². The summed E-state index contributed by atoms with van der Waals surface area (Å²) in [6, 6.07) is 7.39. The predicted octanol–water partition coefficient (Wildman–Crippen LogP) is 3.21. The Labute approximate surface area is 87.9 Å². The third-order valence-corrected chi connectivity index (χ3v) is 3.21. The van der Waals surface area contributed by atoms with Crippen molar-refractivity contribution in [3.05, 3.63) is 34.9 Å². The Bertz CT molecular complexity index is 356. The van der Waals surface area contributed by atoms with E-state index in [1.807, 2.05) is 18.2 Å². The Kier molecular flexibility index (Phi) is 3.24.